The van der Waals surface area contributed by atoms with Crippen molar-refractivity contribution in [3.05, 3.63) is 54.1 Å². The highest BCUT2D eigenvalue weighted by Crippen LogP contribution is 2.34. The standard InChI is InChI=1S/C17H20O2/c1-17(2,12-18)14-9-10-16(19-3)15(11-14)13-7-5-4-6-8-13/h4-11,18H,12H2,1-3H3. The van der Waals surface area contributed by atoms with E-state index in [9.17, 15) is 5.11 Å². The van der Waals surface area contributed by atoms with Crippen LogP contribution >= 0.6 is 0 Å². The Bertz CT molecular complexity index is 544. The number of aliphatic hydroxyl groups is 1. The third-order valence-electron chi connectivity index (χ3n) is 3.46. The van der Waals surface area contributed by atoms with Crippen LogP contribution in [-0.4, -0.2) is 18.8 Å². The molecule has 0 atom stereocenters. The van der Waals surface area contributed by atoms with E-state index in [0.29, 0.717) is 0 Å². The van der Waals surface area contributed by atoms with Gasteiger partial charge >= 0.3 is 0 Å². The Morgan fingerprint density at radius 2 is 1.74 bits per heavy atom. The van der Waals surface area contributed by atoms with Crippen LogP contribution in [0.1, 0.15) is 19.4 Å². The quantitative estimate of drug-likeness (QED) is 0.905. The lowest BCUT2D eigenvalue weighted by atomic mass is 9.84. The van der Waals surface area contributed by atoms with E-state index in [2.05, 4.69) is 18.2 Å². The number of ether oxygens (including phenoxy) is 1. The lowest BCUT2D eigenvalue weighted by Gasteiger charge is -2.23. The van der Waals surface area contributed by atoms with Gasteiger partial charge in [-0.2, -0.15) is 0 Å². The zero-order valence-corrected chi connectivity index (χ0v) is 11.7. The third kappa shape index (κ3) is 2.79. The van der Waals surface area contributed by atoms with Gasteiger partial charge in [-0.05, 0) is 23.3 Å². The van der Waals surface area contributed by atoms with Gasteiger partial charge in [0.1, 0.15) is 5.75 Å². The topological polar surface area (TPSA) is 29.5 Å². The number of benzene rings is 2. The molecule has 2 aromatic carbocycles. The predicted molar refractivity (Wildman–Crippen MR) is 78.5 cm³/mol. The van der Waals surface area contributed by atoms with Gasteiger partial charge in [-0.1, -0.05) is 50.2 Å². The van der Waals surface area contributed by atoms with E-state index in [0.717, 1.165) is 22.4 Å². The zero-order valence-electron chi connectivity index (χ0n) is 11.7. The maximum absolute atomic E-state index is 9.50. The van der Waals surface area contributed by atoms with E-state index >= 15 is 0 Å². The van der Waals surface area contributed by atoms with Crippen molar-refractivity contribution in [1.29, 1.82) is 0 Å². The molecule has 0 spiro atoms. The Morgan fingerprint density at radius 1 is 1.05 bits per heavy atom. The van der Waals surface area contributed by atoms with E-state index in [1.54, 1.807) is 7.11 Å². The van der Waals surface area contributed by atoms with E-state index in [-0.39, 0.29) is 12.0 Å². The number of aliphatic hydroxyl groups excluding tert-OH is 1. The molecule has 2 nitrogen and oxygen atoms in total. The van der Waals surface area contributed by atoms with Crippen LogP contribution < -0.4 is 4.74 Å². The maximum Gasteiger partial charge on any atom is 0.126 e. The van der Waals surface area contributed by atoms with E-state index in [4.69, 9.17) is 4.74 Å². The minimum Gasteiger partial charge on any atom is -0.496 e. The molecule has 0 heterocycles. The van der Waals surface area contributed by atoms with Gasteiger partial charge in [-0.25, -0.2) is 0 Å². The van der Waals surface area contributed by atoms with Crippen molar-refractivity contribution in [2.75, 3.05) is 13.7 Å². The minimum atomic E-state index is -0.254. The Morgan fingerprint density at radius 3 is 2.32 bits per heavy atom. The molecule has 0 unspecified atom stereocenters. The lowest BCUT2D eigenvalue weighted by molar-refractivity contribution is 0.218. The van der Waals surface area contributed by atoms with Crippen molar-refractivity contribution in [3.8, 4) is 16.9 Å². The van der Waals surface area contributed by atoms with Crippen LogP contribution in [0.2, 0.25) is 0 Å². The summed E-state index contributed by atoms with van der Waals surface area (Å²) >= 11 is 0. The second-order valence-electron chi connectivity index (χ2n) is 5.32. The van der Waals surface area contributed by atoms with Crippen LogP contribution in [0.5, 0.6) is 5.75 Å². The van der Waals surface area contributed by atoms with Gasteiger partial charge in [-0.15, -0.1) is 0 Å². The molecule has 0 aliphatic heterocycles. The Balaban J connectivity index is 2.55. The summed E-state index contributed by atoms with van der Waals surface area (Å²) in [5.74, 6) is 0.851. The van der Waals surface area contributed by atoms with Crippen LogP contribution in [0.3, 0.4) is 0 Å². The molecule has 0 fully saturated rings. The molecule has 0 saturated carbocycles. The lowest BCUT2D eigenvalue weighted by Crippen LogP contribution is -2.22. The van der Waals surface area contributed by atoms with Crippen molar-refractivity contribution in [2.45, 2.75) is 19.3 Å². The second kappa shape index (κ2) is 5.45. The average Bonchev–Trinajstić information content (AvgIpc) is 2.47. The first-order chi connectivity index (χ1) is 9.08. The van der Waals surface area contributed by atoms with Crippen molar-refractivity contribution in [3.63, 3.8) is 0 Å². The first-order valence-corrected chi connectivity index (χ1v) is 6.43. The zero-order chi connectivity index (χ0) is 13.9. The molecule has 2 heteroatoms. The molecule has 2 aromatic rings. The van der Waals surface area contributed by atoms with Crippen LogP contribution in [0.15, 0.2) is 48.5 Å². The first-order valence-electron chi connectivity index (χ1n) is 6.43. The van der Waals surface area contributed by atoms with Gasteiger partial charge in [0, 0.05) is 11.0 Å². The van der Waals surface area contributed by atoms with E-state index in [1.165, 1.54) is 0 Å². The molecule has 0 aliphatic rings. The van der Waals surface area contributed by atoms with Gasteiger partial charge in [0.15, 0.2) is 0 Å². The second-order valence-corrected chi connectivity index (χ2v) is 5.32. The van der Waals surface area contributed by atoms with Gasteiger partial charge < -0.3 is 9.84 Å². The molecule has 0 saturated heterocycles. The van der Waals surface area contributed by atoms with E-state index in [1.807, 2.05) is 44.2 Å². The van der Waals surface area contributed by atoms with Crippen molar-refractivity contribution < 1.29 is 9.84 Å². The van der Waals surface area contributed by atoms with Gasteiger partial charge in [-0.3, -0.25) is 0 Å². The average molecular weight is 256 g/mol. The minimum absolute atomic E-state index is 0.119. The Labute approximate surface area is 114 Å². The number of hydrogen-bond acceptors (Lipinski definition) is 2. The highest BCUT2D eigenvalue weighted by atomic mass is 16.5. The van der Waals surface area contributed by atoms with Crippen molar-refractivity contribution in [2.24, 2.45) is 0 Å². The summed E-state index contributed by atoms with van der Waals surface area (Å²) in [5, 5.41) is 9.50. The molecule has 0 bridgehead atoms. The van der Waals surface area contributed by atoms with Crippen molar-refractivity contribution >= 4 is 0 Å². The summed E-state index contributed by atoms with van der Waals surface area (Å²) in [7, 11) is 1.68. The van der Waals surface area contributed by atoms with Crippen LogP contribution in [0, 0.1) is 0 Å². The fourth-order valence-electron chi connectivity index (χ4n) is 2.06. The molecule has 0 radical (unpaired) electrons. The molecule has 100 valence electrons. The maximum atomic E-state index is 9.50. The Hall–Kier alpha value is -1.80. The molecule has 0 aromatic heterocycles. The molecule has 1 N–H and O–H groups in total. The molecular weight excluding hydrogens is 236 g/mol. The fourth-order valence-corrected chi connectivity index (χ4v) is 2.06. The van der Waals surface area contributed by atoms with E-state index < -0.39 is 0 Å². The van der Waals surface area contributed by atoms with Gasteiger partial charge in [0.2, 0.25) is 0 Å². The molecule has 2 rings (SSSR count). The summed E-state index contributed by atoms with van der Waals surface area (Å²) in [4.78, 5) is 0. The van der Waals surface area contributed by atoms with Crippen LogP contribution in [0.4, 0.5) is 0 Å². The molecule has 0 aliphatic carbocycles. The predicted octanol–water partition coefficient (Wildman–Crippen LogP) is 3.63. The van der Waals surface area contributed by atoms with Crippen molar-refractivity contribution in [1.82, 2.24) is 0 Å². The summed E-state index contributed by atoms with van der Waals surface area (Å²) in [6.07, 6.45) is 0. The molecular formula is C17H20O2. The monoisotopic (exact) mass is 256 g/mol. The highest BCUT2D eigenvalue weighted by molar-refractivity contribution is 5.71. The molecule has 19 heavy (non-hydrogen) atoms. The normalized spacial score (nSPS) is 11.4. The largest absolute Gasteiger partial charge is 0.496 e. The smallest absolute Gasteiger partial charge is 0.126 e. The first kappa shape index (κ1) is 13.6. The third-order valence-corrected chi connectivity index (χ3v) is 3.46. The van der Waals surface area contributed by atoms with Crippen LogP contribution in [0.25, 0.3) is 11.1 Å². The highest BCUT2D eigenvalue weighted by Gasteiger charge is 2.21. The Kier molecular flexibility index (Phi) is 3.91. The van der Waals surface area contributed by atoms with Gasteiger partial charge in [0.05, 0.1) is 13.7 Å². The summed E-state index contributed by atoms with van der Waals surface area (Å²) in [5.41, 5.74) is 3.03. The summed E-state index contributed by atoms with van der Waals surface area (Å²) in [6.45, 7) is 4.18. The summed E-state index contributed by atoms with van der Waals surface area (Å²) in [6, 6.07) is 16.2. The fraction of sp³-hybridized carbons (Fsp3) is 0.294. The SMILES string of the molecule is COc1ccc(C(C)(C)CO)cc1-c1ccccc1. The molecule has 0 amide bonds. The number of methoxy groups -OCH3 is 1. The van der Waals surface area contributed by atoms with Crippen LogP contribution in [-0.2, 0) is 5.41 Å². The van der Waals surface area contributed by atoms with Gasteiger partial charge in [0.25, 0.3) is 0 Å². The number of rotatable bonds is 4. The summed E-state index contributed by atoms with van der Waals surface area (Å²) < 4.78 is 5.44. The number of hydrogen-bond donors (Lipinski definition) is 1.